The molecule has 2 fully saturated rings. The van der Waals surface area contributed by atoms with Crippen LogP contribution in [0.15, 0.2) is 53.4 Å². The maximum atomic E-state index is 13.8. The summed E-state index contributed by atoms with van der Waals surface area (Å²) in [6, 6.07) is 10.0. The van der Waals surface area contributed by atoms with Crippen LogP contribution in [0.1, 0.15) is 46.1 Å². The number of halogens is 1. The molecule has 0 aliphatic carbocycles. The molecule has 296 valence electrons. The first-order valence-electron chi connectivity index (χ1n) is 16.4. The molecule has 2 saturated heterocycles. The molecule has 5 atom stereocenters. The molecule has 54 heavy (non-hydrogen) atoms. The Bertz CT molecular complexity index is 1840. The second kappa shape index (κ2) is 17.9. The summed E-state index contributed by atoms with van der Waals surface area (Å²) in [6.45, 7) is 5.39. The van der Waals surface area contributed by atoms with E-state index in [4.69, 9.17) is 44.1 Å². The van der Waals surface area contributed by atoms with E-state index in [2.05, 4.69) is 10.2 Å². The van der Waals surface area contributed by atoms with Gasteiger partial charge in [-0.05, 0) is 69.7 Å². The van der Waals surface area contributed by atoms with Crippen LogP contribution in [-0.2, 0) is 68.2 Å². The molecule has 1 N–H and O–H groups in total. The molecule has 2 aromatic rings. The zero-order valence-electron chi connectivity index (χ0n) is 29.9. The first-order chi connectivity index (χ1) is 25.3. The van der Waals surface area contributed by atoms with E-state index in [9.17, 15) is 37.0 Å². The van der Waals surface area contributed by atoms with Gasteiger partial charge in [-0.1, -0.05) is 28.8 Å². The predicted molar refractivity (Wildman–Crippen MR) is 185 cm³/mol. The average molecular weight is 819 g/mol. The second-order valence-electron chi connectivity index (χ2n) is 13.1. The Balaban J connectivity index is 1.40. The fourth-order valence-corrected chi connectivity index (χ4v) is 7.55. The summed E-state index contributed by atoms with van der Waals surface area (Å²) >= 11 is 5.85. The minimum absolute atomic E-state index is 0.0125. The fourth-order valence-electron chi connectivity index (χ4n) is 4.84. The quantitative estimate of drug-likeness (QED) is 0.113. The van der Waals surface area contributed by atoms with Crippen LogP contribution in [0.25, 0.3) is 0 Å². The third-order valence-electron chi connectivity index (χ3n) is 7.63. The molecule has 2 aromatic carbocycles. The van der Waals surface area contributed by atoms with Crippen LogP contribution < -0.4 is 9.84 Å². The van der Waals surface area contributed by atoms with Gasteiger partial charge in [0.05, 0.1) is 28.7 Å². The number of alkyl carbamates (subject to hydrolysis) is 1. The van der Waals surface area contributed by atoms with Crippen molar-refractivity contribution in [1.29, 1.82) is 0 Å². The van der Waals surface area contributed by atoms with Crippen LogP contribution in [0.5, 0.6) is 5.75 Å². The van der Waals surface area contributed by atoms with Crippen LogP contribution in [0.2, 0.25) is 5.02 Å². The lowest BCUT2D eigenvalue weighted by Crippen LogP contribution is -2.47. The van der Waals surface area contributed by atoms with E-state index in [1.165, 1.54) is 55.5 Å². The van der Waals surface area contributed by atoms with Gasteiger partial charge in [0.2, 0.25) is 0 Å². The number of rotatable bonds is 15. The van der Waals surface area contributed by atoms with Gasteiger partial charge in [-0.25, -0.2) is 22.6 Å². The molecule has 21 heteroatoms. The Morgan fingerprint density at radius 2 is 1.65 bits per heavy atom. The summed E-state index contributed by atoms with van der Waals surface area (Å²) in [5, 5.41) is 3.21. The van der Waals surface area contributed by atoms with Gasteiger partial charge in [0.15, 0.2) is 9.84 Å². The van der Waals surface area contributed by atoms with E-state index in [-0.39, 0.29) is 43.3 Å². The third kappa shape index (κ3) is 11.9. The van der Waals surface area contributed by atoms with Gasteiger partial charge >= 0.3 is 26.0 Å². The standard InChI is InChI=1S/C33H40ClN2O16PS/c1-20(19-54(43,44)24-12-8-22(34)9-13-24)49-31(40)35-25-17-46-26(18-47-30(39)33(2,3)4)29(25)52-53(42,45-5)51-23-10-6-21(7-11-23)16-48-32(41)50-36-27(37)14-15-28(36)38/h6-13,20,25-26,29H,14-19H2,1-5H3,(H,35,40)/t20?,25?,26-,29-,53?/m1/s1. The van der Waals surface area contributed by atoms with Gasteiger partial charge in [0, 0.05) is 25.0 Å². The Morgan fingerprint density at radius 1 is 1.02 bits per heavy atom. The number of hydroxylamine groups is 2. The Labute approximate surface area is 316 Å². The first kappa shape index (κ1) is 42.5. The number of hydrogen-bond donors (Lipinski definition) is 1. The number of imide groups is 1. The van der Waals surface area contributed by atoms with Crippen molar-refractivity contribution in [1.82, 2.24) is 10.4 Å². The van der Waals surface area contributed by atoms with Gasteiger partial charge in [-0.3, -0.25) is 28.3 Å². The molecule has 18 nitrogen and oxygen atoms in total. The molecular formula is C33H40ClN2O16PS. The zero-order valence-corrected chi connectivity index (χ0v) is 32.4. The van der Waals surface area contributed by atoms with Crippen LogP contribution in [-0.4, -0.2) is 93.9 Å². The molecule has 3 amide bonds. The highest BCUT2D eigenvalue weighted by atomic mass is 35.5. The fraction of sp³-hybridized carbons (Fsp3) is 0.485. The van der Waals surface area contributed by atoms with E-state index in [0.29, 0.717) is 15.6 Å². The number of esters is 1. The average Bonchev–Trinajstić information content (AvgIpc) is 3.62. The van der Waals surface area contributed by atoms with E-state index >= 15 is 0 Å². The molecule has 0 bridgehead atoms. The lowest BCUT2D eigenvalue weighted by molar-refractivity contribution is -0.177. The number of benzene rings is 2. The van der Waals surface area contributed by atoms with Gasteiger partial charge < -0.3 is 28.8 Å². The number of sulfone groups is 1. The molecule has 0 saturated carbocycles. The summed E-state index contributed by atoms with van der Waals surface area (Å²) in [7, 11) is -7.32. The summed E-state index contributed by atoms with van der Waals surface area (Å²) < 4.78 is 77.3. The van der Waals surface area contributed by atoms with Crippen LogP contribution in [0, 0.1) is 5.41 Å². The van der Waals surface area contributed by atoms with Gasteiger partial charge in [0.25, 0.3) is 11.8 Å². The maximum absolute atomic E-state index is 13.8. The van der Waals surface area contributed by atoms with Crippen molar-refractivity contribution in [2.45, 2.75) is 76.4 Å². The van der Waals surface area contributed by atoms with Crippen molar-refractivity contribution < 1.29 is 74.3 Å². The van der Waals surface area contributed by atoms with Crippen molar-refractivity contribution in [2.75, 3.05) is 26.1 Å². The third-order valence-corrected chi connectivity index (χ3v) is 11.2. The Hall–Kier alpha value is -4.26. The Morgan fingerprint density at radius 3 is 2.24 bits per heavy atom. The molecular weight excluding hydrogens is 779 g/mol. The van der Waals surface area contributed by atoms with Crippen LogP contribution in [0.3, 0.4) is 0 Å². The maximum Gasteiger partial charge on any atom is 0.534 e. The number of hydrogen-bond acceptors (Lipinski definition) is 16. The van der Waals surface area contributed by atoms with E-state index < -0.39 is 83.2 Å². The molecule has 0 radical (unpaired) electrons. The van der Waals surface area contributed by atoms with Crippen molar-refractivity contribution in [3.63, 3.8) is 0 Å². The van der Waals surface area contributed by atoms with E-state index in [0.717, 1.165) is 7.11 Å². The summed E-state index contributed by atoms with van der Waals surface area (Å²) in [5.74, 6) is -2.47. The molecule has 2 aliphatic heterocycles. The first-order valence-corrected chi connectivity index (χ1v) is 19.8. The monoisotopic (exact) mass is 818 g/mol. The molecule has 4 rings (SSSR count). The van der Waals surface area contributed by atoms with Crippen molar-refractivity contribution in [3.05, 3.63) is 59.1 Å². The smallest absolute Gasteiger partial charge is 0.462 e. The lowest BCUT2D eigenvalue weighted by Gasteiger charge is -2.27. The highest BCUT2D eigenvalue weighted by Crippen LogP contribution is 2.51. The number of amides is 3. The summed E-state index contributed by atoms with van der Waals surface area (Å²) in [4.78, 5) is 65.3. The van der Waals surface area contributed by atoms with Crippen LogP contribution >= 0.6 is 19.4 Å². The number of nitrogens with one attached hydrogen (secondary N) is 1. The van der Waals surface area contributed by atoms with Crippen LogP contribution in [0.4, 0.5) is 9.59 Å². The van der Waals surface area contributed by atoms with Crippen molar-refractivity contribution in [3.8, 4) is 5.75 Å². The predicted octanol–water partition coefficient (Wildman–Crippen LogP) is 4.52. The lowest BCUT2D eigenvalue weighted by atomic mass is 9.97. The van der Waals surface area contributed by atoms with E-state index in [1.54, 1.807) is 20.8 Å². The van der Waals surface area contributed by atoms with Gasteiger partial charge in [0.1, 0.15) is 37.3 Å². The second-order valence-corrected chi connectivity index (χ2v) is 17.2. The summed E-state index contributed by atoms with van der Waals surface area (Å²) in [6.07, 6.45) is -5.98. The minimum Gasteiger partial charge on any atom is -0.462 e. The molecule has 0 spiro atoms. The minimum atomic E-state index is -4.51. The van der Waals surface area contributed by atoms with Crippen molar-refractivity contribution in [2.24, 2.45) is 5.41 Å². The highest BCUT2D eigenvalue weighted by molar-refractivity contribution is 7.91. The SMILES string of the molecule is COP(=O)(Oc1ccc(COC(=O)ON2C(=O)CCC2=O)cc1)O[C@@H]1C(NC(=O)OC(C)CS(=O)(=O)c2ccc(Cl)cc2)CO[C@@H]1COC(=O)C(C)(C)C. The van der Waals surface area contributed by atoms with Gasteiger partial charge in [-0.15, -0.1) is 0 Å². The summed E-state index contributed by atoms with van der Waals surface area (Å²) in [5.41, 5.74) is -0.456. The number of carbonyl (C=O) groups is 5. The molecule has 2 aliphatic rings. The topological polar surface area (TPSA) is 226 Å². The normalized spacial score (nSPS) is 20.5. The van der Waals surface area contributed by atoms with Gasteiger partial charge in [-0.2, -0.15) is 0 Å². The number of nitrogens with zero attached hydrogens (tertiary/aromatic N) is 1. The number of phosphoric ester groups is 1. The van der Waals surface area contributed by atoms with E-state index in [1.807, 2.05) is 0 Å². The number of phosphoric acid groups is 1. The number of carbonyl (C=O) groups excluding carboxylic acids is 5. The highest BCUT2D eigenvalue weighted by Gasteiger charge is 2.46. The molecule has 0 aromatic heterocycles. The Kier molecular flexibility index (Phi) is 14.1. The molecule has 3 unspecified atom stereocenters. The molecule has 2 heterocycles. The van der Waals surface area contributed by atoms with Crippen molar-refractivity contribution >= 4 is 59.3 Å². The zero-order chi connectivity index (χ0) is 39.8. The number of ether oxygens (including phenoxy) is 4. The largest absolute Gasteiger partial charge is 0.534 e.